The molecule has 0 N–H and O–H groups in total. The van der Waals surface area contributed by atoms with Crippen molar-refractivity contribution < 1.29 is 8.96 Å². The van der Waals surface area contributed by atoms with Gasteiger partial charge in [0.1, 0.15) is 7.05 Å². The topological polar surface area (TPSA) is 8.29 Å². The average molecular weight is 446 g/mol. The van der Waals surface area contributed by atoms with Crippen LogP contribution < -0.4 is 4.57 Å². The van der Waals surface area contributed by atoms with Crippen molar-refractivity contribution in [2.45, 2.75) is 27.2 Å². The maximum absolute atomic E-state index is 16.6. The third-order valence-electron chi connectivity index (χ3n) is 7.59. The van der Waals surface area contributed by atoms with Crippen LogP contribution >= 0.6 is 0 Å². The highest BCUT2D eigenvalue weighted by Gasteiger charge is 2.28. The second-order valence-corrected chi connectivity index (χ2v) is 10.2. The van der Waals surface area contributed by atoms with E-state index in [0.717, 1.165) is 39.3 Å². The predicted molar refractivity (Wildman–Crippen MR) is 141 cm³/mol. The van der Waals surface area contributed by atoms with Gasteiger partial charge in [0.2, 0.25) is 5.52 Å². The summed E-state index contributed by atoms with van der Waals surface area (Å²) in [5, 5.41) is 7.55. The molecular formula is C31H26FN2+. The van der Waals surface area contributed by atoms with Crippen molar-refractivity contribution in [1.29, 1.82) is 0 Å². The van der Waals surface area contributed by atoms with Crippen molar-refractivity contribution in [1.82, 2.24) is 4.40 Å². The van der Waals surface area contributed by atoms with Crippen molar-refractivity contribution in [3.8, 4) is 0 Å². The fourth-order valence-corrected chi connectivity index (χ4v) is 6.28. The van der Waals surface area contributed by atoms with Gasteiger partial charge in [-0.3, -0.25) is 0 Å². The summed E-state index contributed by atoms with van der Waals surface area (Å²) in [7, 11) is 2.08. The van der Waals surface area contributed by atoms with Gasteiger partial charge >= 0.3 is 0 Å². The minimum Gasteiger partial charge on any atom is -0.305 e. The first kappa shape index (κ1) is 19.7. The van der Waals surface area contributed by atoms with Crippen molar-refractivity contribution in [3.63, 3.8) is 0 Å². The largest absolute Gasteiger partial charge is 0.305 e. The number of hydrogen-bond donors (Lipinski definition) is 0. The highest BCUT2D eigenvalue weighted by atomic mass is 19.1. The number of rotatable bonds is 2. The molecule has 4 aromatic carbocycles. The standard InChI is InChI=1S/C31H26FN2/c1-17(2)15-20-16-19-13-14-33(4)29-25-18(3)21-9-5-6-10-22(21)28(32)31(25)34-24-12-8-7-11-23(24)26(20)30(34)27(19)29/h5-14,16-17H,15H2,1-4H3/q+1. The van der Waals surface area contributed by atoms with Crippen LogP contribution in [0.15, 0.2) is 66.9 Å². The number of nitrogens with zero attached hydrogens (tertiary/aromatic N) is 2. The number of halogens is 1. The molecule has 0 aliphatic carbocycles. The minimum atomic E-state index is -0.143. The summed E-state index contributed by atoms with van der Waals surface area (Å²) in [4.78, 5) is 0. The average Bonchev–Trinajstić information content (AvgIpc) is 3.18. The lowest BCUT2D eigenvalue weighted by atomic mass is 9.92. The zero-order valence-corrected chi connectivity index (χ0v) is 19.9. The monoisotopic (exact) mass is 445 g/mol. The van der Waals surface area contributed by atoms with E-state index in [4.69, 9.17) is 0 Å². The number of fused-ring (bicyclic) bond motifs is 7. The molecule has 0 fully saturated rings. The van der Waals surface area contributed by atoms with E-state index in [9.17, 15) is 0 Å². The summed E-state index contributed by atoms with van der Waals surface area (Å²) < 4.78 is 20.9. The second kappa shape index (κ2) is 6.66. The Morgan fingerprint density at radius 2 is 1.56 bits per heavy atom. The van der Waals surface area contributed by atoms with Crippen LogP contribution in [0.1, 0.15) is 25.0 Å². The van der Waals surface area contributed by atoms with Crippen LogP contribution in [0.5, 0.6) is 0 Å². The molecule has 0 aliphatic rings. The third-order valence-corrected chi connectivity index (χ3v) is 7.59. The molecule has 0 amide bonds. The van der Waals surface area contributed by atoms with Crippen LogP contribution in [0, 0.1) is 18.7 Å². The number of aromatic nitrogens is 2. The lowest BCUT2D eigenvalue weighted by molar-refractivity contribution is -0.643. The number of benzene rings is 4. The highest BCUT2D eigenvalue weighted by Crippen LogP contribution is 2.45. The fraction of sp³-hybridized carbons (Fsp3) is 0.194. The van der Waals surface area contributed by atoms with Crippen LogP contribution in [0.3, 0.4) is 0 Å². The summed E-state index contributed by atoms with van der Waals surface area (Å²) in [5.41, 5.74) is 6.46. The Labute approximate surface area is 197 Å². The molecule has 0 radical (unpaired) electrons. The fourth-order valence-electron chi connectivity index (χ4n) is 6.28. The zero-order valence-electron chi connectivity index (χ0n) is 19.9. The van der Waals surface area contributed by atoms with Crippen molar-refractivity contribution in [3.05, 3.63) is 83.8 Å². The van der Waals surface area contributed by atoms with Gasteiger partial charge in [-0.25, -0.2) is 8.96 Å². The zero-order chi connectivity index (χ0) is 23.3. The van der Waals surface area contributed by atoms with Gasteiger partial charge < -0.3 is 4.40 Å². The van der Waals surface area contributed by atoms with E-state index in [1.54, 1.807) is 0 Å². The summed E-state index contributed by atoms with van der Waals surface area (Å²) >= 11 is 0. The van der Waals surface area contributed by atoms with Gasteiger partial charge in [0.05, 0.1) is 27.3 Å². The molecule has 3 heterocycles. The molecule has 0 aliphatic heterocycles. The van der Waals surface area contributed by atoms with E-state index >= 15 is 4.39 Å². The first-order valence-corrected chi connectivity index (χ1v) is 12.1. The molecule has 0 saturated carbocycles. The van der Waals surface area contributed by atoms with Crippen LogP contribution in [-0.4, -0.2) is 4.40 Å². The van der Waals surface area contributed by atoms with Gasteiger partial charge in [0, 0.05) is 22.2 Å². The lowest BCUT2D eigenvalue weighted by Crippen LogP contribution is -2.29. The Morgan fingerprint density at radius 1 is 0.853 bits per heavy atom. The van der Waals surface area contributed by atoms with Crippen molar-refractivity contribution >= 4 is 59.8 Å². The van der Waals surface area contributed by atoms with E-state index in [0.29, 0.717) is 16.8 Å². The molecule has 166 valence electrons. The van der Waals surface area contributed by atoms with Gasteiger partial charge in [-0.1, -0.05) is 56.3 Å². The Hall–Kier alpha value is -3.72. The molecular weight excluding hydrogens is 419 g/mol. The molecule has 0 atom stereocenters. The normalized spacial score (nSPS) is 12.6. The van der Waals surface area contributed by atoms with Crippen molar-refractivity contribution in [2.24, 2.45) is 13.0 Å². The molecule has 3 aromatic heterocycles. The minimum absolute atomic E-state index is 0.143. The van der Waals surface area contributed by atoms with Gasteiger partial charge in [-0.05, 0) is 53.3 Å². The molecule has 7 rings (SSSR count). The number of pyridine rings is 2. The first-order valence-electron chi connectivity index (χ1n) is 12.1. The van der Waals surface area contributed by atoms with Gasteiger partial charge in [0.25, 0.3) is 0 Å². The molecule has 0 bridgehead atoms. The van der Waals surface area contributed by atoms with Crippen LogP contribution in [-0.2, 0) is 13.5 Å². The summed E-state index contributed by atoms with van der Waals surface area (Å²) in [5.74, 6) is 0.385. The molecule has 2 nitrogen and oxygen atoms in total. The smallest absolute Gasteiger partial charge is 0.224 e. The van der Waals surface area contributed by atoms with Crippen LogP contribution in [0.25, 0.3) is 59.8 Å². The first-order chi connectivity index (χ1) is 16.5. The molecule has 34 heavy (non-hydrogen) atoms. The number of aryl methyl sites for hydroxylation is 2. The van der Waals surface area contributed by atoms with E-state index in [-0.39, 0.29) is 5.82 Å². The van der Waals surface area contributed by atoms with E-state index in [1.165, 1.54) is 27.1 Å². The van der Waals surface area contributed by atoms with E-state index in [1.807, 2.05) is 24.3 Å². The Balaban J connectivity index is 1.94. The van der Waals surface area contributed by atoms with Crippen LogP contribution in [0.4, 0.5) is 4.39 Å². The van der Waals surface area contributed by atoms with Gasteiger partial charge in [0.15, 0.2) is 12.0 Å². The molecule has 3 heteroatoms. The quantitative estimate of drug-likeness (QED) is 0.147. The van der Waals surface area contributed by atoms with Crippen molar-refractivity contribution in [2.75, 3.05) is 0 Å². The number of hydrogen-bond acceptors (Lipinski definition) is 0. The molecule has 7 aromatic rings. The Morgan fingerprint density at radius 3 is 2.32 bits per heavy atom. The molecule has 0 unspecified atom stereocenters. The lowest BCUT2D eigenvalue weighted by Gasteiger charge is -2.17. The van der Waals surface area contributed by atoms with Crippen LogP contribution in [0.2, 0.25) is 0 Å². The molecule has 0 saturated heterocycles. The highest BCUT2D eigenvalue weighted by molar-refractivity contribution is 6.29. The summed E-state index contributed by atoms with van der Waals surface area (Å²) in [6, 6.07) is 21.0. The number of para-hydroxylation sites is 1. The summed E-state index contributed by atoms with van der Waals surface area (Å²) in [6.07, 6.45) is 3.11. The maximum atomic E-state index is 16.6. The van der Waals surface area contributed by atoms with Gasteiger partial charge in [-0.2, -0.15) is 0 Å². The SMILES string of the molecule is Cc1c2ccccc2c(F)c2c1c1c3c(cc[n+]1C)cc(CC(C)C)c1c4ccccc4n2c13. The molecule has 0 spiro atoms. The van der Waals surface area contributed by atoms with E-state index in [2.05, 4.69) is 79.4 Å². The second-order valence-electron chi connectivity index (χ2n) is 10.2. The van der Waals surface area contributed by atoms with E-state index < -0.39 is 0 Å². The summed E-state index contributed by atoms with van der Waals surface area (Å²) in [6.45, 7) is 6.67. The van der Waals surface area contributed by atoms with Gasteiger partial charge in [-0.15, -0.1) is 0 Å². The Kier molecular flexibility index (Phi) is 3.87. The predicted octanol–water partition coefficient (Wildman–Crippen LogP) is 7.61. The Bertz CT molecular complexity index is 1940. The third kappa shape index (κ3) is 2.32. The maximum Gasteiger partial charge on any atom is 0.224 e.